The third kappa shape index (κ3) is 1.99. The molecule has 0 radical (unpaired) electrons. The van der Waals surface area contributed by atoms with Gasteiger partial charge in [-0.25, -0.2) is 0 Å². The highest BCUT2D eigenvalue weighted by atomic mass is 16.3. The standard InChI is InChI=1S/C12H16O/c1-4-10-6-9(3)7-11(8-13)12(10)5-2/h5-7,13H,2,4,8H2,1,3H3. The topological polar surface area (TPSA) is 20.2 Å². The van der Waals surface area contributed by atoms with Crippen LogP contribution in [0.4, 0.5) is 0 Å². The minimum Gasteiger partial charge on any atom is -0.392 e. The van der Waals surface area contributed by atoms with E-state index in [-0.39, 0.29) is 6.61 Å². The van der Waals surface area contributed by atoms with Crippen molar-refractivity contribution >= 4 is 6.08 Å². The first-order valence-corrected chi connectivity index (χ1v) is 4.58. The minimum atomic E-state index is 0.0933. The number of aliphatic hydroxyl groups excluding tert-OH is 1. The molecule has 1 heteroatoms. The summed E-state index contributed by atoms with van der Waals surface area (Å²) in [5.41, 5.74) is 4.54. The molecule has 1 N–H and O–H groups in total. The summed E-state index contributed by atoms with van der Waals surface area (Å²) in [6.07, 6.45) is 2.81. The van der Waals surface area contributed by atoms with Crippen LogP contribution in [0.25, 0.3) is 6.08 Å². The Bertz CT molecular complexity index is 288. The second-order valence-corrected chi connectivity index (χ2v) is 3.21. The normalized spacial score (nSPS) is 10.1. The van der Waals surface area contributed by atoms with E-state index < -0.39 is 0 Å². The van der Waals surface area contributed by atoms with Gasteiger partial charge in [0.2, 0.25) is 0 Å². The molecule has 0 aromatic heterocycles. The van der Waals surface area contributed by atoms with Crippen molar-refractivity contribution < 1.29 is 5.11 Å². The smallest absolute Gasteiger partial charge is 0.0687 e. The van der Waals surface area contributed by atoms with Gasteiger partial charge in [-0.1, -0.05) is 37.3 Å². The Labute approximate surface area is 79.7 Å². The Hall–Kier alpha value is -1.08. The van der Waals surface area contributed by atoms with Crippen molar-refractivity contribution in [2.24, 2.45) is 0 Å². The summed E-state index contributed by atoms with van der Waals surface area (Å²) in [6, 6.07) is 4.16. The lowest BCUT2D eigenvalue weighted by Gasteiger charge is -2.10. The molecule has 0 bridgehead atoms. The number of rotatable bonds is 3. The van der Waals surface area contributed by atoms with Crippen molar-refractivity contribution in [3.05, 3.63) is 41.0 Å². The van der Waals surface area contributed by atoms with E-state index in [0.29, 0.717) is 0 Å². The molecule has 0 heterocycles. The zero-order valence-corrected chi connectivity index (χ0v) is 8.30. The number of hydrogen-bond acceptors (Lipinski definition) is 1. The fraction of sp³-hybridized carbons (Fsp3) is 0.333. The molecule has 0 saturated heterocycles. The summed E-state index contributed by atoms with van der Waals surface area (Å²) in [7, 11) is 0. The third-order valence-corrected chi connectivity index (χ3v) is 2.25. The van der Waals surface area contributed by atoms with Gasteiger partial charge in [0.05, 0.1) is 6.61 Å². The molecule has 1 aromatic rings. The summed E-state index contributed by atoms with van der Waals surface area (Å²) >= 11 is 0. The minimum absolute atomic E-state index is 0.0933. The zero-order chi connectivity index (χ0) is 9.84. The van der Waals surface area contributed by atoms with E-state index in [2.05, 4.69) is 19.6 Å². The highest BCUT2D eigenvalue weighted by Crippen LogP contribution is 2.19. The summed E-state index contributed by atoms with van der Waals surface area (Å²) in [4.78, 5) is 0. The van der Waals surface area contributed by atoms with Crippen molar-refractivity contribution in [2.45, 2.75) is 26.9 Å². The first-order chi connectivity index (χ1) is 6.22. The number of benzene rings is 1. The predicted octanol–water partition coefficient (Wildman–Crippen LogP) is 2.69. The van der Waals surface area contributed by atoms with Crippen LogP contribution in [0, 0.1) is 6.92 Å². The maximum Gasteiger partial charge on any atom is 0.0687 e. The van der Waals surface area contributed by atoms with Gasteiger partial charge in [-0.2, -0.15) is 0 Å². The molecule has 1 aromatic carbocycles. The van der Waals surface area contributed by atoms with E-state index >= 15 is 0 Å². The quantitative estimate of drug-likeness (QED) is 0.750. The molecular formula is C12H16O. The first-order valence-electron chi connectivity index (χ1n) is 4.58. The third-order valence-electron chi connectivity index (χ3n) is 2.25. The Morgan fingerprint density at radius 1 is 1.38 bits per heavy atom. The van der Waals surface area contributed by atoms with Crippen LogP contribution < -0.4 is 0 Å². The molecule has 0 spiro atoms. The largest absolute Gasteiger partial charge is 0.392 e. The van der Waals surface area contributed by atoms with Gasteiger partial charge in [0.1, 0.15) is 0 Å². The van der Waals surface area contributed by atoms with Gasteiger partial charge in [0, 0.05) is 0 Å². The molecule has 1 nitrogen and oxygen atoms in total. The first kappa shape index (κ1) is 10.0. The Kier molecular flexibility index (Phi) is 3.26. The highest BCUT2D eigenvalue weighted by molar-refractivity contribution is 5.57. The van der Waals surface area contributed by atoms with Crippen LogP contribution in [0.2, 0.25) is 0 Å². The lowest BCUT2D eigenvalue weighted by molar-refractivity contribution is 0.281. The van der Waals surface area contributed by atoms with Crippen LogP contribution in [-0.2, 0) is 13.0 Å². The summed E-state index contributed by atoms with van der Waals surface area (Å²) in [5.74, 6) is 0. The van der Waals surface area contributed by atoms with Crippen molar-refractivity contribution in [3.63, 3.8) is 0 Å². The van der Waals surface area contributed by atoms with Crippen molar-refractivity contribution in [1.29, 1.82) is 0 Å². The fourth-order valence-corrected chi connectivity index (χ4v) is 1.64. The zero-order valence-electron chi connectivity index (χ0n) is 8.30. The number of aliphatic hydroxyl groups is 1. The van der Waals surface area contributed by atoms with E-state index in [9.17, 15) is 0 Å². The molecule has 0 aliphatic carbocycles. The SMILES string of the molecule is C=Cc1c(CC)cc(C)cc1CO. The van der Waals surface area contributed by atoms with Crippen molar-refractivity contribution in [1.82, 2.24) is 0 Å². The van der Waals surface area contributed by atoms with E-state index in [4.69, 9.17) is 5.11 Å². The fourth-order valence-electron chi connectivity index (χ4n) is 1.64. The Balaban J connectivity index is 3.33. The molecule has 0 aliphatic heterocycles. The predicted molar refractivity (Wildman–Crippen MR) is 56.6 cm³/mol. The summed E-state index contributed by atoms with van der Waals surface area (Å²) in [5, 5.41) is 9.15. The van der Waals surface area contributed by atoms with Crippen LogP contribution in [0.3, 0.4) is 0 Å². The monoisotopic (exact) mass is 176 g/mol. The molecule has 70 valence electrons. The van der Waals surface area contributed by atoms with Gasteiger partial charge in [-0.15, -0.1) is 0 Å². The van der Waals surface area contributed by atoms with Crippen LogP contribution in [0.15, 0.2) is 18.7 Å². The van der Waals surface area contributed by atoms with Crippen molar-refractivity contribution in [2.75, 3.05) is 0 Å². The molecule has 0 saturated carbocycles. The van der Waals surface area contributed by atoms with Gasteiger partial charge in [-0.3, -0.25) is 0 Å². The summed E-state index contributed by atoms with van der Waals surface area (Å²) < 4.78 is 0. The van der Waals surface area contributed by atoms with Crippen molar-refractivity contribution in [3.8, 4) is 0 Å². The molecular weight excluding hydrogens is 160 g/mol. The molecule has 0 fully saturated rings. The molecule has 0 aliphatic rings. The lowest BCUT2D eigenvalue weighted by atomic mass is 9.97. The number of hydrogen-bond donors (Lipinski definition) is 1. The van der Waals surface area contributed by atoms with E-state index in [0.717, 1.165) is 17.5 Å². The highest BCUT2D eigenvalue weighted by Gasteiger charge is 2.04. The Morgan fingerprint density at radius 3 is 2.46 bits per heavy atom. The van der Waals surface area contributed by atoms with Gasteiger partial charge in [-0.05, 0) is 30.0 Å². The van der Waals surface area contributed by atoms with Gasteiger partial charge >= 0.3 is 0 Å². The molecule has 0 unspecified atom stereocenters. The maximum atomic E-state index is 9.15. The second kappa shape index (κ2) is 4.24. The second-order valence-electron chi connectivity index (χ2n) is 3.21. The molecule has 1 rings (SSSR count). The average molecular weight is 176 g/mol. The van der Waals surface area contributed by atoms with Crippen LogP contribution in [0.5, 0.6) is 0 Å². The van der Waals surface area contributed by atoms with Crippen LogP contribution in [-0.4, -0.2) is 5.11 Å². The van der Waals surface area contributed by atoms with E-state index in [1.54, 1.807) is 0 Å². The number of aryl methyl sites for hydroxylation is 2. The van der Waals surface area contributed by atoms with Gasteiger partial charge in [0.25, 0.3) is 0 Å². The molecule has 0 amide bonds. The molecule has 13 heavy (non-hydrogen) atoms. The summed E-state index contributed by atoms with van der Waals surface area (Å²) in [6.45, 7) is 8.02. The molecule has 0 atom stereocenters. The lowest BCUT2D eigenvalue weighted by Crippen LogP contribution is -1.96. The van der Waals surface area contributed by atoms with E-state index in [1.165, 1.54) is 11.1 Å². The average Bonchev–Trinajstić information content (AvgIpc) is 2.16. The Morgan fingerprint density at radius 2 is 2.00 bits per heavy atom. The van der Waals surface area contributed by atoms with Crippen LogP contribution in [0.1, 0.15) is 29.2 Å². The van der Waals surface area contributed by atoms with Gasteiger partial charge < -0.3 is 5.11 Å². The maximum absolute atomic E-state index is 9.15. The van der Waals surface area contributed by atoms with Gasteiger partial charge in [0.15, 0.2) is 0 Å². The van der Waals surface area contributed by atoms with E-state index in [1.807, 2.05) is 19.1 Å². The van der Waals surface area contributed by atoms with Crippen LogP contribution >= 0.6 is 0 Å².